The number of rotatable bonds is 5. The first kappa shape index (κ1) is 17.2. The summed E-state index contributed by atoms with van der Waals surface area (Å²) in [5.41, 5.74) is -0.0730. The number of primary sulfonamides is 1. The van der Waals surface area contributed by atoms with Crippen LogP contribution in [0.25, 0.3) is 0 Å². The van der Waals surface area contributed by atoms with Crippen molar-refractivity contribution in [2.24, 2.45) is 5.14 Å². The molecule has 0 heterocycles. The number of sulfonamides is 1. The first-order valence-corrected chi connectivity index (χ1v) is 7.15. The monoisotopic (exact) mass is 326 g/mol. The van der Waals surface area contributed by atoms with E-state index in [2.05, 4.69) is 5.32 Å². The molecule has 0 aliphatic carbocycles. The van der Waals surface area contributed by atoms with E-state index in [1.54, 1.807) is 0 Å². The van der Waals surface area contributed by atoms with Crippen LogP contribution in [0.15, 0.2) is 23.1 Å². The Bertz CT molecular complexity index is 629. The van der Waals surface area contributed by atoms with Crippen LogP contribution >= 0.6 is 0 Å². The van der Waals surface area contributed by atoms with Crippen molar-refractivity contribution in [1.82, 2.24) is 0 Å². The smallest absolute Gasteiger partial charge is 0.389 e. The molecule has 0 radical (unpaired) electrons. The fourth-order valence-electron chi connectivity index (χ4n) is 1.43. The standard InChI is InChI=1S/C11H13F3N2O4S/c1-20-9-3-2-7(21(15,18)19)6-8(9)16-10(17)4-5-11(12,13)14/h2-3,6H,4-5H2,1H3,(H,16,17)(H2,15,18,19). The van der Waals surface area contributed by atoms with Gasteiger partial charge in [-0.25, -0.2) is 13.6 Å². The highest BCUT2D eigenvalue weighted by Crippen LogP contribution is 2.28. The summed E-state index contributed by atoms with van der Waals surface area (Å²) in [5, 5.41) is 7.10. The van der Waals surface area contributed by atoms with Crippen molar-refractivity contribution in [3.05, 3.63) is 18.2 Å². The Morgan fingerprint density at radius 3 is 2.48 bits per heavy atom. The maximum absolute atomic E-state index is 12.0. The number of benzene rings is 1. The predicted molar refractivity (Wildman–Crippen MR) is 68.3 cm³/mol. The molecular formula is C11H13F3N2O4S. The summed E-state index contributed by atoms with van der Waals surface area (Å²) < 4.78 is 63.4. The third kappa shape index (κ3) is 5.60. The van der Waals surface area contributed by atoms with Crippen LogP contribution in [0.5, 0.6) is 5.75 Å². The molecule has 0 spiro atoms. The number of methoxy groups -OCH3 is 1. The van der Waals surface area contributed by atoms with Crippen molar-refractivity contribution in [3.63, 3.8) is 0 Å². The van der Waals surface area contributed by atoms with E-state index in [1.165, 1.54) is 13.2 Å². The lowest BCUT2D eigenvalue weighted by molar-refractivity contribution is -0.142. The Labute approximate surface area is 119 Å². The van der Waals surface area contributed by atoms with E-state index >= 15 is 0 Å². The molecular weight excluding hydrogens is 313 g/mol. The number of hydrogen-bond donors (Lipinski definition) is 2. The Kier molecular flexibility index (Phi) is 5.18. The Balaban J connectivity index is 2.93. The molecule has 0 bridgehead atoms. The van der Waals surface area contributed by atoms with Gasteiger partial charge in [0.2, 0.25) is 15.9 Å². The highest BCUT2D eigenvalue weighted by Gasteiger charge is 2.28. The molecule has 3 N–H and O–H groups in total. The van der Waals surface area contributed by atoms with Gasteiger partial charge in [0, 0.05) is 6.42 Å². The first-order valence-electron chi connectivity index (χ1n) is 5.60. The third-order valence-electron chi connectivity index (χ3n) is 2.41. The molecule has 1 amide bonds. The van der Waals surface area contributed by atoms with Crippen LogP contribution in [0.4, 0.5) is 18.9 Å². The summed E-state index contributed by atoms with van der Waals surface area (Å²) >= 11 is 0. The Morgan fingerprint density at radius 2 is 2.00 bits per heavy atom. The quantitative estimate of drug-likeness (QED) is 0.859. The van der Waals surface area contributed by atoms with Crippen LogP contribution in [0, 0.1) is 0 Å². The molecule has 1 aromatic rings. The molecule has 0 fully saturated rings. The molecule has 0 aliphatic heterocycles. The van der Waals surface area contributed by atoms with E-state index in [-0.39, 0.29) is 16.3 Å². The molecule has 1 aromatic carbocycles. The van der Waals surface area contributed by atoms with E-state index in [4.69, 9.17) is 9.88 Å². The number of anilines is 1. The lowest BCUT2D eigenvalue weighted by Crippen LogP contribution is -2.18. The van der Waals surface area contributed by atoms with Gasteiger partial charge in [-0.15, -0.1) is 0 Å². The lowest BCUT2D eigenvalue weighted by atomic mass is 10.2. The van der Waals surface area contributed by atoms with Crippen LogP contribution in [0.3, 0.4) is 0 Å². The van der Waals surface area contributed by atoms with Gasteiger partial charge in [0.15, 0.2) is 0 Å². The molecule has 10 heteroatoms. The molecule has 0 atom stereocenters. The summed E-state index contributed by atoms with van der Waals surface area (Å²) in [6, 6.07) is 3.40. The number of hydrogen-bond acceptors (Lipinski definition) is 4. The van der Waals surface area contributed by atoms with Crippen molar-refractivity contribution >= 4 is 21.6 Å². The highest BCUT2D eigenvalue weighted by atomic mass is 32.2. The fourth-order valence-corrected chi connectivity index (χ4v) is 1.97. The van der Waals surface area contributed by atoms with Gasteiger partial charge in [-0.05, 0) is 18.2 Å². The summed E-state index contributed by atoms with van der Waals surface area (Å²) in [4.78, 5) is 11.1. The minimum absolute atomic E-state index is 0.0730. The number of alkyl halides is 3. The van der Waals surface area contributed by atoms with Crippen LogP contribution in [0.2, 0.25) is 0 Å². The zero-order valence-electron chi connectivity index (χ0n) is 10.9. The van der Waals surface area contributed by atoms with Gasteiger partial charge in [-0.3, -0.25) is 4.79 Å². The molecule has 0 aromatic heterocycles. The van der Waals surface area contributed by atoms with Crippen LogP contribution in [-0.2, 0) is 14.8 Å². The lowest BCUT2D eigenvalue weighted by Gasteiger charge is -2.12. The number of carbonyl (C=O) groups is 1. The van der Waals surface area contributed by atoms with Gasteiger partial charge < -0.3 is 10.1 Å². The molecule has 21 heavy (non-hydrogen) atoms. The largest absolute Gasteiger partial charge is 0.495 e. The summed E-state index contributed by atoms with van der Waals surface area (Å²) in [6.07, 6.45) is -6.52. The zero-order valence-corrected chi connectivity index (χ0v) is 11.7. The van der Waals surface area contributed by atoms with Gasteiger partial charge >= 0.3 is 6.18 Å². The number of halogens is 3. The van der Waals surface area contributed by atoms with Gasteiger partial charge in [0.1, 0.15) is 5.75 Å². The van der Waals surface area contributed by atoms with Crippen LogP contribution < -0.4 is 15.2 Å². The van der Waals surface area contributed by atoms with E-state index in [9.17, 15) is 26.4 Å². The number of ether oxygens (including phenoxy) is 1. The Hall–Kier alpha value is -1.81. The van der Waals surface area contributed by atoms with Crippen molar-refractivity contribution in [2.45, 2.75) is 23.9 Å². The van der Waals surface area contributed by atoms with E-state index in [0.29, 0.717) is 0 Å². The molecule has 1 rings (SSSR count). The van der Waals surface area contributed by atoms with Gasteiger partial charge in [0.05, 0.1) is 24.1 Å². The van der Waals surface area contributed by atoms with E-state index < -0.39 is 34.9 Å². The first-order chi connectivity index (χ1) is 9.53. The minimum Gasteiger partial charge on any atom is -0.495 e. The van der Waals surface area contributed by atoms with E-state index in [1.807, 2.05) is 0 Å². The summed E-state index contributed by atoms with van der Waals surface area (Å²) in [7, 11) is -2.75. The predicted octanol–water partition coefficient (Wildman–Crippen LogP) is 1.62. The normalized spacial score (nSPS) is 12.0. The van der Waals surface area contributed by atoms with Crippen molar-refractivity contribution in [2.75, 3.05) is 12.4 Å². The molecule has 118 valence electrons. The number of carbonyl (C=O) groups excluding carboxylic acids is 1. The van der Waals surface area contributed by atoms with Crippen LogP contribution in [0.1, 0.15) is 12.8 Å². The molecule has 0 saturated heterocycles. The average Bonchev–Trinajstić information content (AvgIpc) is 2.34. The number of nitrogens with one attached hydrogen (secondary N) is 1. The van der Waals surface area contributed by atoms with Crippen molar-refractivity contribution in [3.8, 4) is 5.75 Å². The molecule has 0 aliphatic rings. The maximum Gasteiger partial charge on any atom is 0.389 e. The third-order valence-corrected chi connectivity index (χ3v) is 3.32. The molecule has 0 saturated carbocycles. The van der Waals surface area contributed by atoms with Gasteiger partial charge in [-0.2, -0.15) is 13.2 Å². The molecule has 0 unspecified atom stereocenters. The topological polar surface area (TPSA) is 98.5 Å². The second-order valence-electron chi connectivity index (χ2n) is 4.07. The van der Waals surface area contributed by atoms with Crippen LogP contribution in [-0.4, -0.2) is 27.6 Å². The minimum atomic E-state index is -4.45. The number of amides is 1. The van der Waals surface area contributed by atoms with Gasteiger partial charge in [-0.1, -0.05) is 0 Å². The number of nitrogens with two attached hydrogens (primary N) is 1. The van der Waals surface area contributed by atoms with Gasteiger partial charge in [0.25, 0.3) is 0 Å². The Morgan fingerprint density at radius 1 is 1.38 bits per heavy atom. The summed E-state index contributed by atoms with van der Waals surface area (Å²) in [6.45, 7) is 0. The summed E-state index contributed by atoms with van der Waals surface area (Å²) in [5.74, 6) is -0.819. The second-order valence-corrected chi connectivity index (χ2v) is 5.63. The SMILES string of the molecule is COc1ccc(S(N)(=O)=O)cc1NC(=O)CCC(F)(F)F. The maximum atomic E-state index is 12.0. The average molecular weight is 326 g/mol. The van der Waals surface area contributed by atoms with Crippen molar-refractivity contribution < 1.29 is 31.1 Å². The second kappa shape index (κ2) is 6.31. The van der Waals surface area contributed by atoms with Crippen molar-refractivity contribution in [1.29, 1.82) is 0 Å². The molecule has 6 nitrogen and oxygen atoms in total. The van der Waals surface area contributed by atoms with E-state index in [0.717, 1.165) is 12.1 Å². The zero-order chi connectivity index (χ0) is 16.3. The fraction of sp³-hybridized carbons (Fsp3) is 0.364. The highest BCUT2D eigenvalue weighted by molar-refractivity contribution is 7.89.